The summed E-state index contributed by atoms with van der Waals surface area (Å²) in [5.41, 5.74) is 3.69. The first-order valence-electron chi connectivity index (χ1n) is 8.22. The number of imidazole rings is 1. The van der Waals surface area contributed by atoms with Crippen molar-refractivity contribution in [1.82, 2.24) is 9.55 Å². The van der Waals surface area contributed by atoms with E-state index in [-0.39, 0.29) is 0 Å². The SMILES string of the molecule is CCCCCCCCCCn1cnc2cc(C)ccc21. The summed E-state index contributed by atoms with van der Waals surface area (Å²) >= 11 is 0. The van der Waals surface area contributed by atoms with Crippen molar-refractivity contribution in [2.24, 2.45) is 0 Å². The summed E-state index contributed by atoms with van der Waals surface area (Å²) in [4.78, 5) is 4.49. The lowest BCUT2D eigenvalue weighted by molar-refractivity contribution is 0.548. The Kier molecular flexibility index (Phi) is 6.10. The van der Waals surface area contributed by atoms with Gasteiger partial charge in [0.2, 0.25) is 0 Å². The highest BCUT2D eigenvalue weighted by molar-refractivity contribution is 5.75. The van der Waals surface area contributed by atoms with Gasteiger partial charge in [0.05, 0.1) is 17.4 Å². The number of benzene rings is 1. The van der Waals surface area contributed by atoms with E-state index >= 15 is 0 Å². The van der Waals surface area contributed by atoms with E-state index in [1.165, 1.54) is 62.4 Å². The number of rotatable bonds is 9. The number of hydrogen-bond donors (Lipinski definition) is 0. The molecule has 0 fully saturated rings. The lowest BCUT2D eigenvalue weighted by atomic mass is 10.1. The van der Waals surface area contributed by atoms with Crippen LogP contribution in [0, 0.1) is 6.92 Å². The van der Waals surface area contributed by atoms with E-state index in [9.17, 15) is 0 Å². The van der Waals surface area contributed by atoms with Crippen LogP contribution in [0.2, 0.25) is 0 Å². The normalized spacial score (nSPS) is 11.3. The second-order valence-corrected chi connectivity index (χ2v) is 5.91. The number of aryl methyl sites for hydroxylation is 2. The molecule has 1 aromatic heterocycles. The van der Waals surface area contributed by atoms with E-state index in [4.69, 9.17) is 0 Å². The molecule has 1 heterocycles. The molecule has 0 atom stereocenters. The molecule has 0 spiro atoms. The Hall–Kier alpha value is -1.31. The van der Waals surface area contributed by atoms with Crippen molar-refractivity contribution < 1.29 is 0 Å². The summed E-state index contributed by atoms with van der Waals surface area (Å²) in [7, 11) is 0. The molecule has 2 aromatic rings. The number of aromatic nitrogens is 2. The number of hydrogen-bond acceptors (Lipinski definition) is 1. The fraction of sp³-hybridized carbons (Fsp3) is 0.611. The van der Waals surface area contributed by atoms with Crippen molar-refractivity contribution in [2.75, 3.05) is 0 Å². The summed E-state index contributed by atoms with van der Waals surface area (Å²) in [5.74, 6) is 0. The third kappa shape index (κ3) is 4.36. The van der Waals surface area contributed by atoms with Crippen LogP contribution in [-0.2, 0) is 6.54 Å². The van der Waals surface area contributed by atoms with Gasteiger partial charge in [-0.05, 0) is 31.0 Å². The molecule has 1 aromatic carbocycles. The Balaban J connectivity index is 1.68. The molecule has 2 rings (SSSR count). The van der Waals surface area contributed by atoms with Crippen LogP contribution in [0.3, 0.4) is 0 Å². The van der Waals surface area contributed by atoms with Gasteiger partial charge in [0.15, 0.2) is 0 Å². The Morgan fingerprint density at radius 3 is 2.40 bits per heavy atom. The van der Waals surface area contributed by atoms with Crippen molar-refractivity contribution in [3.63, 3.8) is 0 Å². The first kappa shape index (κ1) is 15.1. The standard InChI is InChI=1S/C18H28N2/c1-3-4-5-6-7-8-9-10-13-20-15-19-17-14-16(2)11-12-18(17)20/h11-12,14-15H,3-10,13H2,1-2H3. The second kappa shape index (κ2) is 8.08. The molecule has 0 aliphatic carbocycles. The van der Waals surface area contributed by atoms with E-state index in [0.29, 0.717) is 0 Å². The van der Waals surface area contributed by atoms with Crippen LogP contribution in [0.25, 0.3) is 11.0 Å². The Morgan fingerprint density at radius 1 is 0.950 bits per heavy atom. The van der Waals surface area contributed by atoms with Crippen molar-refractivity contribution >= 4 is 11.0 Å². The zero-order valence-electron chi connectivity index (χ0n) is 13.1. The fourth-order valence-corrected chi connectivity index (χ4v) is 2.77. The van der Waals surface area contributed by atoms with Crippen LogP contribution < -0.4 is 0 Å². The van der Waals surface area contributed by atoms with Crippen LogP contribution in [0.15, 0.2) is 24.5 Å². The molecule has 110 valence electrons. The quantitative estimate of drug-likeness (QED) is 0.552. The van der Waals surface area contributed by atoms with E-state index in [2.05, 4.69) is 41.6 Å². The average Bonchev–Trinajstić information content (AvgIpc) is 2.84. The van der Waals surface area contributed by atoms with Gasteiger partial charge in [0, 0.05) is 6.54 Å². The molecule has 0 saturated carbocycles. The van der Waals surface area contributed by atoms with Gasteiger partial charge in [-0.25, -0.2) is 4.98 Å². The van der Waals surface area contributed by atoms with E-state index in [1.807, 2.05) is 6.33 Å². The fourth-order valence-electron chi connectivity index (χ4n) is 2.77. The van der Waals surface area contributed by atoms with Gasteiger partial charge in [-0.3, -0.25) is 0 Å². The Labute approximate surface area is 123 Å². The van der Waals surface area contributed by atoms with Gasteiger partial charge in [-0.1, -0.05) is 57.9 Å². The first-order valence-corrected chi connectivity index (χ1v) is 8.22. The molecule has 20 heavy (non-hydrogen) atoms. The van der Waals surface area contributed by atoms with Gasteiger partial charge >= 0.3 is 0 Å². The van der Waals surface area contributed by atoms with Gasteiger partial charge < -0.3 is 4.57 Å². The molecule has 0 bridgehead atoms. The molecule has 2 heteroatoms. The van der Waals surface area contributed by atoms with Crippen molar-refractivity contribution in [1.29, 1.82) is 0 Å². The Morgan fingerprint density at radius 2 is 1.65 bits per heavy atom. The van der Waals surface area contributed by atoms with Crippen LogP contribution >= 0.6 is 0 Å². The molecule has 0 unspecified atom stereocenters. The van der Waals surface area contributed by atoms with E-state index in [1.54, 1.807) is 0 Å². The molecule has 0 saturated heterocycles. The smallest absolute Gasteiger partial charge is 0.0958 e. The van der Waals surface area contributed by atoms with E-state index < -0.39 is 0 Å². The summed E-state index contributed by atoms with van der Waals surface area (Å²) in [5, 5.41) is 0. The first-order chi connectivity index (χ1) is 9.81. The summed E-state index contributed by atoms with van der Waals surface area (Å²) in [6.45, 7) is 5.50. The second-order valence-electron chi connectivity index (χ2n) is 5.91. The van der Waals surface area contributed by atoms with Gasteiger partial charge in [0.25, 0.3) is 0 Å². The molecule has 0 N–H and O–H groups in total. The molecule has 2 nitrogen and oxygen atoms in total. The summed E-state index contributed by atoms with van der Waals surface area (Å²) in [6, 6.07) is 6.54. The van der Waals surface area contributed by atoms with Gasteiger partial charge in [-0.15, -0.1) is 0 Å². The average molecular weight is 272 g/mol. The third-order valence-corrected chi connectivity index (χ3v) is 4.03. The molecule has 0 amide bonds. The van der Waals surface area contributed by atoms with Gasteiger partial charge in [0.1, 0.15) is 0 Å². The highest BCUT2D eigenvalue weighted by Gasteiger charge is 2.02. The predicted molar refractivity (Wildman–Crippen MR) is 87.1 cm³/mol. The van der Waals surface area contributed by atoms with Crippen LogP contribution in [0.5, 0.6) is 0 Å². The highest BCUT2D eigenvalue weighted by Crippen LogP contribution is 2.16. The lowest BCUT2D eigenvalue weighted by Gasteiger charge is -2.05. The number of nitrogens with zero attached hydrogens (tertiary/aromatic N) is 2. The van der Waals surface area contributed by atoms with Crippen LogP contribution in [-0.4, -0.2) is 9.55 Å². The zero-order valence-corrected chi connectivity index (χ0v) is 13.1. The minimum atomic E-state index is 1.11. The third-order valence-electron chi connectivity index (χ3n) is 4.03. The van der Waals surface area contributed by atoms with Crippen molar-refractivity contribution in [3.8, 4) is 0 Å². The molecule has 0 aliphatic rings. The maximum absolute atomic E-state index is 4.49. The summed E-state index contributed by atoms with van der Waals surface area (Å²) in [6.07, 6.45) is 13.0. The topological polar surface area (TPSA) is 17.8 Å². The summed E-state index contributed by atoms with van der Waals surface area (Å²) < 4.78 is 2.30. The zero-order chi connectivity index (χ0) is 14.2. The van der Waals surface area contributed by atoms with Crippen LogP contribution in [0.1, 0.15) is 63.9 Å². The number of fused-ring (bicyclic) bond motifs is 1. The van der Waals surface area contributed by atoms with Crippen LogP contribution in [0.4, 0.5) is 0 Å². The minimum absolute atomic E-state index is 1.11. The monoisotopic (exact) mass is 272 g/mol. The maximum Gasteiger partial charge on any atom is 0.0958 e. The van der Waals surface area contributed by atoms with Gasteiger partial charge in [-0.2, -0.15) is 0 Å². The highest BCUT2D eigenvalue weighted by atomic mass is 15.0. The minimum Gasteiger partial charge on any atom is -0.331 e. The molecule has 0 aliphatic heterocycles. The molecular weight excluding hydrogens is 244 g/mol. The van der Waals surface area contributed by atoms with E-state index in [0.717, 1.165) is 12.1 Å². The van der Waals surface area contributed by atoms with Crippen molar-refractivity contribution in [2.45, 2.75) is 71.8 Å². The molecule has 0 radical (unpaired) electrons. The largest absolute Gasteiger partial charge is 0.331 e. The predicted octanol–water partition coefficient (Wildman–Crippen LogP) is 5.49. The lowest BCUT2D eigenvalue weighted by Crippen LogP contribution is -1.96. The van der Waals surface area contributed by atoms with Crippen molar-refractivity contribution in [3.05, 3.63) is 30.1 Å². The Bertz CT molecular complexity index is 513. The number of unbranched alkanes of at least 4 members (excludes halogenated alkanes) is 7. The maximum atomic E-state index is 4.49. The molecular formula is C18H28N2.